The third-order valence-electron chi connectivity index (χ3n) is 3.17. The van der Waals surface area contributed by atoms with Gasteiger partial charge in [0.1, 0.15) is 0 Å². The van der Waals surface area contributed by atoms with Crippen LogP contribution >= 0.6 is 0 Å². The van der Waals surface area contributed by atoms with E-state index in [0.717, 1.165) is 12.0 Å². The van der Waals surface area contributed by atoms with Gasteiger partial charge in [-0.05, 0) is 29.5 Å². The van der Waals surface area contributed by atoms with Gasteiger partial charge in [0.2, 0.25) is 10.0 Å². The van der Waals surface area contributed by atoms with Crippen molar-refractivity contribution in [2.24, 2.45) is 11.1 Å². The van der Waals surface area contributed by atoms with Crippen LogP contribution < -0.4 is 10.5 Å². The summed E-state index contributed by atoms with van der Waals surface area (Å²) >= 11 is 0. The molecule has 6 heteroatoms. The van der Waals surface area contributed by atoms with Gasteiger partial charge in [-0.15, -0.1) is 0 Å². The van der Waals surface area contributed by atoms with Crippen molar-refractivity contribution in [2.45, 2.75) is 31.7 Å². The molecule has 0 aliphatic rings. The number of nitrogens with two attached hydrogens (primary N) is 1. The average Bonchev–Trinajstić information content (AvgIpc) is 2.43. The topological polar surface area (TPSA) is 81.4 Å². The van der Waals surface area contributed by atoms with Crippen LogP contribution in [0.4, 0.5) is 0 Å². The summed E-state index contributed by atoms with van der Waals surface area (Å²) in [6, 6.07) is 6.68. The van der Waals surface area contributed by atoms with Crippen LogP contribution in [-0.4, -0.2) is 28.7 Å². The highest BCUT2D eigenvalue weighted by molar-refractivity contribution is 7.89. The summed E-state index contributed by atoms with van der Waals surface area (Å²) in [5, 5.41) is 0. The lowest BCUT2D eigenvalue weighted by Gasteiger charge is -2.24. The van der Waals surface area contributed by atoms with Crippen molar-refractivity contribution in [1.82, 2.24) is 4.72 Å². The third-order valence-corrected chi connectivity index (χ3v) is 4.57. The van der Waals surface area contributed by atoms with Crippen molar-refractivity contribution in [3.63, 3.8) is 0 Å². The Balaban J connectivity index is 2.74. The first-order chi connectivity index (χ1) is 9.30. The maximum Gasteiger partial charge on any atom is 0.240 e. The van der Waals surface area contributed by atoms with E-state index in [1.807, 2.05) is 19.9 Å². The number of rotatable bonds is 8. The fraction of sp³-hybridized carbons (Fsp3) is 0.571. The Bertz CT molecular complexity index is 527. The first-order valence-electron chi connectivity index (χ1n) is 6.58. The molecule has 0 amide bonds. The number of sulfonamides is 1. The van der Waals surface area contributed by atoms with E-state index in [2.05, 4.69) is 4.72 Å². The zero-order valence-electron chi connectivity index (χ0n) is 12.3. The summed E-state index contributed by atoms with van der Waals surface area (Å²) in [6.45, 7) is 5.31. The molecule has 0 bridgehead atoms. The Kier molecular flexibility index (Phi) is 6.13. The predicted octanol–water partition coefficient (Wildman–Crippen LogP) is 1.49. The first-order valence-corrected chi connectivity index (χ1v) is 8.07. The minimum absolute atomic E-state index is 0.158. The van der Waals surface area contributed by atoms with Crippen LogP contribution in [0.1, 0.15) is 25.8 Å². The van der Waals surface area contributed by atoms with Crippen molar-refractivity contribution in [3.05, 3.63) is 29.8 Å². The van der Waals surface area contributed by atoms with Crippen LogP contribution in [0.15, 0.2) is 29.2 Å². The molecule has 1 aromatic rings. The van der Waals surface area contributed by atoms with E-state index in [4.69, 9.17) is 10.5 Å². The number of benzene rings is 1. The molecular formula is C14H24N2O3S. The van der Waals surface area contributed by atoms with E-state index in [1.54, 1.807) is 25.3 Å². The quantitative estimate of drug-likeness (QED) is 0.762. The highest BCUT2D eigenvalue weighted by Crippen LogP contribution is 2.20. The molecule has 3 N–H and O–H groups in total. The van der Waals surface area contributed by atoms with Crippen LogP contribution in [0.5, 0.6) is 0 Å². The molecule has 0 aromatic heterocycles. The summed E-state index contributed by atoms with van der Waals surface area (Å²) in [6.07, 6.45) is 0.787. The van der Waals surface area contributed by atoms with Crippen molar-refractivity contribution in [1.29, 1.82) is 0 Å². The number of nitrogens with one attached hydrogen (secondary N) is 1. The van der Waals surface area contributed by atoms with Gasteiger partial charge in [-0.2, -0.15) is 0 Å². The Hall–Kier alpha value is -0.950. The van der Waals surface area contributed by atoms with Gasteiger partial charge in [-0.1, -0.05) is 26.0 Å². The van der Waals surface area contributed by atoms with Gasteiger partial charge in [0.15, 0.2) is 0 Å². The molecule has 0 aliphatic carbocycles. The van der Waals surface area contributed by atoms with Gasteiger partial charge in [0.05, 0.1) is 4.90 Å². The molecule has 0 spiro atoms. The first kappa shape index (κ1) is 17.1. The molecule has 20 heavy (non-hydrogen) atoms. The lowest BCUT2D eigenvalue weighted by molar-refractivity contribution is 0.153. The molecule has 0 unspecified atom stereocenters. The van der Waals surface area contributed by atoms with Crippen LogP contribution in [0.3, 0.4) is 0 Å². The van der Waals surface area contributed by atoms with E-state index in [0.29, 0.717) is 19.7 Å². The van der Waals surface area contributed by atoms with Crippen LogP contribution in [0.25, 0.3) is 0 Å². The van der Waals surface area contributed by atoms with E-state index >= 15 is 0 Å². The zero-order chi connectivity index (χ0) is 15.2. The average molecular weight is 300 g/mol. The summed E-state index contributed by atoms with van der Waals surface area (Å²) in [5.41, 5.74) is 6.17. The van der Waals surface area contributed by atoms with Crippen LogP contribution in [-0.2, 0) is 21.3 Å². The lowest BCUT2D eigenvalue weighted by atomic mass is 9.90. The maximum atomic E-state index is 12.2. The second-order valence-electron chi connectivity index (χ2n) is 5.58. The van der Waals surface area contributed by atoms with Crippen molar-refractivity contribution in [3.8, 4) is 0 Å². The summed E-state index contributed by atoms with van der Waals surface area (Å²) in [5.74, 6) is 0. The third kappa shape index (κ3) is 5.20. The van der Waals surface area contributed by atoms with E-state index < -0.39 is 10.0 Å². The maximum absolute atomic E-state index is 12.2. The molecule has 0 saturated heterocycles. The van der Waals surface area contributed by atoms with Crippen molar-refractivity contribution < 1.29 is 13.2 Å². The van der Waals surface area contributed by atoms with E-state index in [9.17, 15) is 8.42 Å². The minimum Gasteiger partial charge on any atom is -0.385 e. The Morgan fingerprint density at radius 3 is 2.65 bits per heavy atom. The number of hydrogen-bond donors (Lipinski definition) is 2. The monoisotopic (exact) mass is 300 g/mol. The van der Waals surface area contributed by atoms with Crippen LogP contribution in [0, 0.1) is 5.41 Å². The molecule has 5 nitrogen and oxygen atoms in total. The summed E-state index contributed by atoms with van der Waals surface area (Å²) in [7, 11) is -1.86. The van der Waals surface area contributed by atoms with Crippen molar-refractivity contribution >= 4 is 10.0 Å². The molecule has 0 radical (unpaired) electrons. The van der Waals surface area contributed by atoms with Gasteiger partial charge in [-0.25, -0.2) is 13.1 Å². The normalized spacial score (nSPS) is 12.6. The zero-order valence-corrected chi connectivity index (χ0v) is 13.2. The molecule has 0 saturated carbocycles. The van der Waals surface area contributed by atoms with Crippen LogP contribution in [0.2, 0.25) is 0 Å². The van der Waals surface area contributed by atoms with Crippen molar-refractivity contribution in [2.75, 3.05) is 20.3 Å². The second-order valence-corrected chi connectivity index (χ2v) is 7.35. The highest BCUT2D eigenvalue weighted by Gasteiger charge is 2.22. The predicted molar refractivity (Wildman–Crippen MR) is 79.8 cm³/mol. The van der Waals surface area contributed by atoms with E-state index in [1.165, 1.54) is 0 Å². The molecule has 114 valence electrons. The molecule has 0 heterocycles. The molecule has 1 rings (SSSR count). The number of hydrogen-bond acceptors (Lipinski definition) is 4. The smallest absolute Gasteiger partial charge is 0.240 e. The fourth-order valence-corrected chi connectivity index (χ4v) is 2.99. The second kappa shape index (κ2) is 7.17. The summed E-state index contributed by atoms with van der Waals surface area (Å²) < 4.78 is 32.2. The lowest BCUT2D eigenvalue weighted by Crippen LogP contribution is -2.34. The molecule has 0 fully saturated rings. The van der Waals surface area contributed by atoms with Gasteiger partial charge in [0, 0.05) is 26.8 Å². The SMILES string of the molecule is COCCC(C)(C)CNS(=O)(=O)c1cccc(CN)c1. The number of methoxy groups -OCH3 is 1. The van der Waals surface area contributed by atoms with Gasteiger partial charge in [0.25, 0.3) is 0 Å². The Morgan fingerprint density at radius 1 is 1.35 bits per heavy atom. The Labute approximate surface area is 121 Å². The molecular weight excluding hydrogens is 276 g/mol. The van der Waals surface area contributed by atoms with E-state index in [-0.39, 0.29) is 10.3 Å². The van der Waals surface area contributed by atoms with Gasteiger partial charge < -0.3 is 10.5 Å². The summed E-state index contributed by atoms with van der Waals surface area (Å²) in [4.78, 5) is 0.253. The minimum atomic E-state index is -3.50. The largest absolute Gasteiger partial charge is 0.385 e. The highest BCUT2D eigenvalue weighted by atomic mass is 32.2. The van der Waals surface area contributed by atoms with Gasteiger partial charge >= 0.3 is 0 Å². The molecule has 0 aliphatic heterocycles. The molecule has 0 atom stereocenters. The molecule has 1 aromatic carbocycles. The number of ether oxygens (including phenoxy) is 1. The fourth-order valence-electron chi connectivity index (χ4n) is 1.68. The Morgan fingerprint density at radius 2 is 2.05 bits per heavy atom. The van der Waals surface area contributed by atoms with Gasteiger partial charge in [-0.3, -0.25) is 0 Å². The standard InChI is InChI=1S/C14H24N2O3S/c1-14(2,7-8-19-3)11-16-20(17,18)13-6-4-5-12(9-13)10-15/h4-6,9,16H,7-8,10-11,15H2,1-3H3.